The molecule has 0 aromatic heterocycles. The molecule has 0 aromatic rings. The van der Waals surface area contributed by atoms with E-state index in [2.05, 4.69) is 17.6 Å². The molecule has 76 valence electrons. The lowest BCUT2D eigenvalue weighted by atomic mass is 9.81. The van der Waals surface area contributed by atoms with Crippen molar-refractivity contribution in [2.75, 3.05) is 19.6 Å². The van der Waals surface area contributed by atoms with E-state index < -0.39 is 0 Å². The van der Waals surface area contributed by atoms with E-state index in [0.29, 0.717) is 0 Å². The molecule has 0 aromatic carbocycles. The molecule has 1 atom stereocenters. The summed E-state index contributed by atoms with van der Waals surface area (Å²) in [5, 5.41) is 7.14. The Balaban J connectivity index is 1.56. The number of hydrogen-bond acceptors (Lipinski definition) is 2. The maximum Gasteiger partial charge on any atom is 0.00722 e. The lowest BCUT2D eigenvalue weighted by molar-refractivity contribution is 0.224. The van der Waals surface area contributed by atoms with Crippen molar-refractivity contribution in [2.45, 2.75) is 38.6 Å². The van der Waals surface area contributed by atoms with Crippen LogP contribution in [0, 0.1) is 11.8 Å². The quantitative estimate of drug-likeness (QED) is 0.689. The molecule has 0 radical (unpaired) electrons. The molecule has 0 bridgehead atoms. The molecule has 0 spiro atoms. The van der Waals surface area contributed by atoms with Crippen LogP contribution in [0.2, 0.25) is 0 Å². The summed E-state index contributed by atoms with van der Waals surface area (Å²) in [6, 6.07) is 0.844. The average molecular weight is 182 g/mol. The van der Waals surface area contributed by atoms with Gasteiger partial charge < -0.3 is 10.6 Å². The SMILES string of the molecule is CC1CC(NC[C@H]2CCCNC2)C1. The fourth-order valence-corrected chi connectivity index (χ4v) is 2.50. The van der Waals surface area contributed by atoms with Crippen molar-refractivity contribution in [1.82, 2.24) is 10.6 Å². The third-order valence-corrected chi connectivity index (χ3v) is 3.47. The predicted octanol–water partition coefficient (Wildman–Crippen LogP) is 1.37. The van der Waals surface area contributed by atoms with Gasteiger partial charge in [-0.2, -0.15) is 0 Å². The lowest BCUT2D eigenvalue weighted by Gasteiger charge is -2.35. The molecule has 1 saturated heterocycles. The van der Waals surface area contributed by atoms with Crippen LogP contribution in [0.1, 0.15) is 32.6 Å². The average Bonchev–Trinajstić information content (AvgIpc) is 2.12. The van der Waals surface area contributed by atoms with Gasteiger partial charge in [-0.05, 0) is 57.2 Å². The molecule has 2 aliphatic rings. The van der Waals surface area contributed by atoms with Crippen LogP contribution >= 0.6 is 0 Å². The van der Waals surface area contributed by atoms with Crippen LogP contribution < -0.4 is 10.6 Å². The molecule has 2 N–H and O–H groups in total. The first-order chi connectivity index (χ1) is 6.34. The van der Waals surface area contributed by atoms with Gasteiger partial charge in [-0.3, -0.25) is 0 Å². The van der Waals surface area contributed by atoms with E-state index in [1.165, 1.54) is 45.3 Å². The maximum atomic E-state index is 3.68. The Kier molecular flexibility index (Phi) is 3.23. The lowest BCUT2D eigenvalue weighted by Crippen LogP contribution is -2.44. The largest absolute Gasteiger partial charge is 0.316 e. The summed E-state index contributed by atoms with van der Waals surface area (Å²) in [5.74, 6) is 1.87. The number of rotatable bonds is 3. The van der Waals surface area contributed by atoms with Crippen molar-refractivity contribution in [3.63, 3.8) is 0 Å². The number of piperidine rings is 1. The van der Waals surface area contributed by atoms with Crippen molar-refractivity contribution in [2.24, 2.45) is 11.8 Å². The third-order valence-electron chi connectivity index (χ3n) is 3.47. The van der Waals surface area contributed by atoms with Crippen LogP contribution in [0.4, 0.5) is 0 Å². The van der Waals surface area contributed by atoms with E-state index >= 15 is 0 Å². The Morgan fingerprint density at radius 2 is 2.23 bits per heavy atom. The van der Waals surface area contributed by atoms with Crippen LogP contribution in [-0.4, -0.2) is 25.7 Å². The van der Waals surface area contributed by atoms with Gasteiger partial charge in [-0.1, -0.05) is 6.92 Å². The molecule has 1 aliphatic carbocycles. The maximum absolute atomic E-state index is 3.68. The van der Waals surface area contributed by atoms with Gasteiger partial charge in [-0.15, -0.1) is 0 Å². The Hall–Kier alpha value is -0.0800. The van der Waals surface area contributed by atoms with Gasteiger partial charge in [0.05, 0.1) is 0 Å². The van der Waals surface area contributed by atoms with E-state index in [1.807, 2.05) is 0 Å². The minimum Gasteiger partial charge on any atom is -0.316 e. The number of hydrogen-bond donors (Lipinski definition) is 2. The standard InChI is InChI=1S/C11H22N2/c1-9-5-11(6-9)13-8-10-3-2-4-12-7-10/h9-13H,2-8H2,1H3/t9?,10-,11?/m0/s1. The first kappa shape index (κ1) is 9.47. The Bertz CT molecular complexity index is 146. The summed E-state index contributed by atoms with van der Waals surface area (Å²) in [6.45, 7) is 6.05. The zero-order chi connectivity index (χ0) is 9.10. The van der Waals surface area contributed by atoms with Gasteiger partial charge in [0.1, 0.15) is 0 Å². The first-order valence-electron chi connectivity index (χ1n) is 5.78. The van der Waals surface area contributed by atoms with Gasteiger partial charge in [0.2, 0.25) is 0 Å². The molecular formula is C11H22N2. The minimum atomic E-state index is 0.844. The number of nitrogens with one attached hydrogen (secondary N) is 2. The van der Waals surface area contributed by atoms with Gasteiger partial charge in [0, 0.05) is 6.04 Å². The second kappa shape index (κ2) is 4.43. The summed E-state index contributed by atoms with van der Waals surface area (Å²) in [7, 11) is 0. The zero-order valence-corrected chi connectivity index (χ0v) is 8.68. The molecule has 2 heteroatoms. The molecule has 2 nitrogen and oxygen atoms in total. The first-order valence-corrected chi connectivity index (χ1v) is 5.78. The molecule has 0 unspecified atom stereocenters. The molecule has 2 rings (SSSR count). The minimum absolute atomic E-state index is 0.844. The topological polar surface area (TPSA) is 24.1 Å². The highest BCUT2D eigenvalue weighted by molar-refractivity contribution is 4.83. The van der Waals surface area contributed by atoms with Crippen LogP contribution in [0.5, 0.6) is 0 Å². The molecule has 1 saturated carbocycles. The van der Waals surface area contributed by atoms with Crippen molar-refractivity contribution in [1.29, 1.82) is 0 Å². The zero-order valence-electron chi connectivity index (χ0n) is 8.68. The molecule has 1 aliphatic heterocycles. The van der Waals surface area contributed by atoms with Gasteiger partial charge in [0.25, 0.3) is 0 Å². The predicted molar refractivity (Wildman–Crippen MR) is 55.8 cm³/mol. The molecular weight excluding hydrogens is 160 g/mol. The van der Waals surface area contributed by atoms with Crippen LogP contribution in [0.25, 0.3) is 0 Å². The van der Waals surface area contributed by atoms with E-state index in [9.17, 15) is 0 Å². The highest BCUT2D eigenvalue weighted by Gasteiger charge is 2.25. The van der Waals surface area contributed by atoms with Crippen LogP contribution in [0.15, 0.2) is 0 Å². The third kappa shape index (κ3) is 2.68. The Morgan fingerprint density at radius 3 is 2.85 bits per heavy atom. The fourth-order valence-electron chi connectivity index (χ4n) is 2.50. The summed E-state index contributed by atoms with van der Waals surface area (Å²) in [4.78, 5) is 0. The highest BCUT2D eigenvalue weighted by Crippen LogP contribution is 2.26. The molecule has 13 heavy (non-hydrogen) atoms. The van der Waals surface area contributed by atoms with Crippen molar-refractivity contribution < 1.29 is 0 Å². The summed E-state index contributed by atoms with van der Waals surface area (Å²) in [6.07, 6.45) is 5.59. The summed E-state index contributed by atoms with van der Waals surface area (Å²) >= 11 is 0. The molecule has 2 fully saturated rings. The fraction of sp³-hybridized carbons (Fsp3) is 1.00. The van der Waals surface area contributed by atoms with Gasteiger partial charge in [-0.25, -0.2) is 0 Å². The van der Waals surface area contributed by atoms with E-state index in [-0.39, 0.29) is 0 Å². The van der Waals surface area contributed by atoms with Crippen molar-refractivity contribution >= 4 is 0 Å². The van der Waals surface area contributed by atoms with Crippen LogP contribution in [-0.2, 0) is 0 Å². The molecule has 0 amide bonds. The van der Waals surface area contributed by atoms with Crippen molar-refractivity contribution in [3.8, 4) is 0 Å². The van der Waals surface area contributed by atoms with E-state index in [0.717, 1.165) is 17.9 Å². The van der Waals surface area contributed by atoms with Gasteiger partial charge in [0.15, 0.2) is 0 Å². The Labute approximate surface area is 81.5 Å². The van der Waals surface area contributed by atoms with Crippen molar-refractivity contribution in [3.05, 3.63) is 0 Å². The van der Waals surface area contributed by atoms with Crippen LogP contribution in [0.3, 0.4) is 0 Å². The monoisotopic (exact) mass is 182 g/mol. The highest BCUT2D eigenvalue weighted by atomic mass is 15.0. The van der Waals surface area contributed by atoms with E-state index in [4.69, 9.17) is 0 Å². The second-order valence-electron chi connectivity index (χ2n) is 4.89. The molecule has 1 heterocycles. The summed E-state index contributed by atoms with van der Waals surface area (Å²) < 4.78 is 0. The summed E-state index contributed by atoms with van der Waals surface area (Å²) in [5.41, 5.74) is 0. The second-order valence-corrected chi connectivity index (χ2v) is 4.89. The van der Waals surface area contributed by atoms with Gasteiger partial charge >= 0.3 is 0 Å². The van der Waals surface area contributed by atoms with E-state index in [1.54, 1.807) is 0 Å². The Morgan fingerprint density at radius 1 is 1.38 bits per heavy atom. The normalized spacial score (nSPS) is 39.9. The smallest absolute Gasteiger partial charge is 0.00722 e.